The standard InChI is InChI=1S/C17H25N3/c1-12(9-10-18)16-19-11-15(20-16)13-5-7-14(8-6-13)17(2,3)4/h5-8,11-12H,9-10,18H2,1-4H3,(H,19,20). The van der Waals surface area contributed by atoms with Gasteiger partial charge in [0.25, 0.3) is 0 Å². The average Bonchev–Trinajstić information content (AvgIpc) is 2.88. The Morgan fingerprint density at radius 2 is 1.85 bits per heavy atom. The average molecular weight is 271 g/mol. The van der Waals surface area contributed by atoms with Crippen molar-refractivity contribution in [3.05, 3.63) is 41.9 Å². The van der Waals surface area contributed by atoms with Crippen molar-refractivity contribution in [2.45, 2.75) is 45.4 Å². The topological polar surface area (TPSA) is 54.7 Å². The second-order valence-corrected chi connectivity index (χ2v) is 6.49. The fourth-order valence-corrected chi connectivity index (χ4v) is 2.27. The molecule has 0 aliphatic heterocycles. The lowest BCUT2D eigenvalue weighted by Gasteiger charge is -2.18. The summed E-state index contributed by atoms with van der Waals surface area (Å²) in [4.78, 5) is 7.88. The van der Waals surface area contributed by atoms with Gasteiger partial charge in [-0.1, -0.05) is 52.0 Å². The third-order valence-electron chi connectivity index (χ3n) is 3.72. The van der Waals surface area contributed by atoms with Gasteiger partial charge in [-0.05, 0) is 29.5 Å². The molecule has 0 radical (unpaired) electrons. The van der Waals surface area contributed by atoms with Crippen molar-refractivity contribution in [2.24, 2.45) is 5.73 Å². The number of hydrogen-bond acceptors (Lipinski definition) is 2. The summed E-state index contributed by atoms with van der Waals surface area (Å²) in [5.74, 6) is 1.40. The molecule has 3 N–H and O–H groups in total. The van der Waals surface area contributed by atoms with Crippen molar-refractivity contribution in [3.63, 3.8) is 0 Å². The van der Waals surface area contributed by atoms with Crippen LogP contribution in [-0.2, 0) is 5.41 Å². The first-order valence-electron chi connectivity index (χ1n) is 7.27. The molecule has 0 saturated heterocycles. The molecule has 0 amide bonds. The third-order valence-corrected chi connectivity index (χ3v) is 3.72. The predicted octanol–water partition coefficient (Wildman–Crippen LogP) is 3.83. The van der Waals surface area contributed by atoms with Gasteiger partial charge in [0.05, 0.1) is 11.9 Å². The minimum atomic E-state index is 0.188. The first-order chi connectivity index (χ1) is 9.41. The number of imidazole rings is 1. The normalized spacial score (nSPS) is 13.4. The van der Waals surface area contributed by atoms with Crippen molar-refractivity contribution in [3.8, 4) is 11.3 Å². The fourth-order valence-electron chi connectivity index (χ4n) is 2.27. The van der Waals surface area contributed by atoms with E-state index in [1.807, 2.05) is 6.20 Å². The molecule has 2 aromatic rings. The zero-order valence-corrected chi connectivity index (χ0v) is 12.9. The second kappa shape index (κ2) is 5.80. The highest BCUT2D eigenvalue weighted by Crippen LogP contribution is 2.26. The maximum atomic E-state index is 5.60. The number of aromatic nitrogens is 2. The molecular weight excluding hydrogens is 246 g/mol. The van der Waals surface area contributed by atoms with E-state index in [1.165, 1.54) is 11.1 Å². The largest absolute Gasteiger partial charge is 0.342 e. The minimum Gasteiger partial charge on any atom is -0.342 e. The minimum absolute atomic E-state index is 0.188. The number of nitrogens with zero attached hydrogens (tertiary/aromatic N) is 1. The number of nitrogens with two attached hydrogens (primary N) is 1. The second-order valence-electron chi connectivity index (χ2n) is 6.49. The molecule has 0 fully saturated rings. The van der Waals surface area contributed by atoms with E-state index in [1.54, 1.807) is 0 Å². The highest BCUT2D eigenvalue weighted by atomic mass is 14.9. The summed E-state index contributed by atoms with van der Waals surface area (Å²) < 4.78 is 0. The highest BCUT2D eigenvalue weighted by Gasteiger charge is 2.14. The van der Waals surface area contributed by atoms with Gasteiger partial charge in [0.2, 0.25) is 0 Å². The van der Waals surface area contributed by atoms with Crippen LogP contribution in [0.4, 0.5) is 0 Å². The molecule has 108 valence electrons. The number of aromatic amines is 1. The Kier molecular flexibility index (Phi) is 4.29. The molecule has 1 aromatic carbocycles. The lowest BCUT2D eigenvalue weighted by Crippen LogP contribution is -2.10. The van der Waals surface area contributed by atoms with Crippen molar-refractivity contribution in [2.75, 3.05) is 6.54 Å². The van der Waals surface area contributed by atoms with E-state index in [0.29, 0.717) is 12.5 Å². The summed E-state index contributed by atoms with van der Waals surface area (Å²) >= 11 is 0. The van der Waals surface area contributed by atoms with Crippen LogP contribution >= 0.6 is 0 Å². The molecule has 1 aromatic heterocycles. The summed E-state index contributed by atoms with van der Waals surface area (Å²) in [5.41, 5.74) is 9.38. The lowest BCUT2D eigenvalue weighted by molar-refractivity contribution is 0.590. The Labute approximate surface area is 121 Å². The summed E-state index contributed by atoms with van der Waals surface area (Å²) in [6.45, 7) is 9.52. The SMILES string of the molecule is CC(CCN)c1ncc(-c2ccc(C(C)(C)C)cc2)[nH]1. The van der Waals surface area contributed by atoms with E-state index in [2.05, 4.69) is 61.9 Å². The molecule has 3 nitrogen and oxygen atoms in total. The Balaban J connectivity index is 2.20. The first kappa shape index (κ1) is 14.8. The van der Waals surface area contributed by atoms with Gasteiger partial charge in [-0.25, -0.2) is 4.98 Å². The summed E-state index contributed by atoms with van der Waals surface area (Å²) in [5, 5.41) is 0. The number of hydrogen-bond donors (Lipinski definition) is 2. The van der Waals surface area contributed by atoms with Crippen LogP contribution in [0.1, 0.15) is 51.4 Å². The molecule has 0 aliphatic rings. The quantitative estimate of drug-likeness (QED) is 0.888. The van der Waals surface area contributed by atoms with Gasteiger partial charge in [0, 0.05) is 5.92 Å². The Morgan fingerprint density at radius 1 is 1.20 bits per heavy atom. The number of nitrogens with one attached hydrogen (secondary N) is 1. The third kappa shape index (κ3) is 3.28. The van der Waals surface area contributed by atoms with E-state index >= 15 is 0 Å². The molecule has 0 aliphatic carbocycles. The summed E-state index contributed by atoms with van der Waals surface area (Å²) in [6.07, 6.45) is 2.87. The first-order valence-corrected chi connectivity index (χ1v) is 7.27. The van der Waals surface area contributed by atoms with E-state index in [0.717, 1.165) is 17.9 Å². The Bertz CT molecular complexity index is 546. The summed E-state index contributed by atoms with van der Waals surface area (Å²) in [6, 6.07) is 8.70. The number of rotatable bonds is 4. The van der Waals surface area contributed by atoms with Crippen LogP contribution < -0.4 is 5.73 Å². The van der Waals surface area contributed by atoms with Gasteiger partial charge in [-0.15, -0.1) is 0 Å². The highest BCUT2D eigenvalue weighted by molar-refractivity contribution is 5.59. The predicted molar refractivity (Wildman–Crippen MR) is 84.8 cm³/mol. The maximum absolute atomic E-state index is 5.60. The van der Waals surface area contributed by atoms with Crippen molar-refractivity contribution in [1.29, 1.82) is 0 Å². The van der Waals surface area contributed by atoms with Crippen LogP contribution in [0.5, 0.6) is 0 Å². The van der Waals surface area contributed by atoms with Gasteiger partial charge < -0.3 is 10.7 Å². The Morgan fingerprint density at radius 3 is 2.40 bits per heavy atom. The summed E-state index contributed by atoms with van der Waals surface area (Å²) in [7, 11) is 0. The van der Waals surface area contributed by atoms with Crippen molar-refractivity contribution < 1.29 is 0 Å². The molecule has 1 atom stereocenters. The number of H-pyrrole nitrogens is 1. The molecule has 2 rings (SSSR count). The van der Waals surface area contributed by atoms with Gasteiger partial charge in [-0.2, -0.15) is 0 Å². The van der Waals surface area contributed by atoms with Gasteiger partial charge in [0.1, 0.15) is 5.82 Å². The molecular formula is C17H25N3. The van der Waals surface area contributed by atoms with Crippen molar-refractivity contribution in [1.82, 2.24) is 9.97 Å². The monoisotopic (exact) mass is 271 g/mol. The molecule has 0 spiro atoms. The van der Waals surface area contributed by atoms with E-state index < -0.39 is 0 Å². The molecule has 3 heteroatoms. The molecule has 1 heterocycles. The van der Waals surface area contributed by atoms with E-state index in [9.17, 15) is 0 Å². The van der Waals surface area contributed by atoms with Crippen LogP contribution in [-0.4, -0.2) is 16.5 Å². The van der Waals surface area contributed by atoms with Crippen LogP contribution in [0.3, 0.4) is 0 Å². The molecule has 0 saturated carbocycles. The van der Waals surface area contributed by atoms with Crippen LogP contribution in [0.2, 0.25) is 0 Å². The van der Waals surface area contributed by atoms with Crippen LogP contribution in [0.15, 0.2) is 30.5 Å². The van der Waals surface area contributed by atoms with Gasteiger partial charge in [-0.3, -0.25) is 0 Å². The lowest BCUT2D eigenvalue weighted by atomic mass is 9.86. The van der Waals surface area contributed by atoms with Crippen molar-refractivity contribution >= 4 is 0 Å². The van der Waals surface area contributed by atoms with Crippen LogP contribution in [0, 0.1) is 0 Å². The zero-order chi connectivity index (χ0) is 14.8. The van der Waals surface area contributed by atoms with E-state index in [4.69, 9.17) is 5.73 Å². The molecule has 1 unspecified atom stereocenters. The maximum Gasteiger partial charge on any atom is 0.109 e. The molecule has 20 heavy (non-hydrogen) atoms. The van der Waals surface area contributed by atoms with E-state index in [-0.39, 0.29) is 5.41 Å². The smallest absolute Gasteiger partial charge is 0.109 e. The zero-order valence-electron chi connectivity index (χ0n) is 12.9. The molecule has 0 bridgehead atoms. The number of benzene rings is 1. The van der Waals surface area contributed by atoms with Crippen LogP contribution in [0.25, 0.3) is 11.3 Å². The Hall–Kier alpha value is -1.61. The fraction of sp³-hybridized carbons (Fsp3) is 0.471. The van der Waals surface area contributed by atoms with Gasteiger partial charge >= 0.3 is 0 Å². The van der Waals surface area contributed by atoms with Gasteiger partial charge in [0.15, 0.2) is 0 Å².